The van der Waals surface area contributed by atoms with Crippen molar-refractivity contribution in [3.05, 3.63) is 44.4 Å². The molecule has 3 N–H and O–H groups in total. The molecule has 2 heterocycles. The molecule has 0 radical (unpaired) electrons. The quantitative estimate of drug-likeness (QED) is 0.699. The summed E-state index contributed by atoms with van der Waals surface area (Å²) in [7, 11) is 0. The first-order valence-corrected chi connectivity index (χ1v) is 8.84. The molecule has 2 aromatic heterocycles. The summed E-state index contributed by atoms with van der Waals surface area (Å²) in [4.78, 5) is 28.7. The molecular formula is C18H24N2O3S. The van der Waals surface area contributed by atoms with Crippen molar-refractivity contribution in [1.82, 2.24) is 10.3 Å². The van der Waals surface area contributed by atoms with Gasteiger partial charge in [0, 0.05) is 16.1 Å². The van der Waals surface area contributed by atoms with E-state index in [9.17, 15) is 14.7 Å². The highest BCUT2D eigenvalue weighted by Crippen LogP contribution is 2.29. The fourth-order valence-corrected chi connectivity index (χ4v) is 3.99. The average molecular weight is 348 g/mol. The van der Waals surface area contributed by atoms with Crippen LogP contribution in [0, 0.1) is 13.8 Å². The second-order valence-corrected chi connectivity index (χ2v) is 7.25. The molecule has 6 heteroatoms. The lowest BCUT2D eigenvalue weighted by Crippen LogP contribution is -2.31. The first-order chi connectivity index (χ1) is 11.3. The van der Waals surface area contributed by atoms with Crippen LogP contribution in [0.3, 0.4) is 0 Å². The van der Waals surface area contributed by atoms with Crippen molar-refractivity contribution in [2.24, 2.45) is 0 Å². The van der Waals surface area contributed by atoms with Crippen LogP contribution in [0.15, 0.2) is 11.4 Å². The average Bonchev–Trinajstić information content (AvgIpc) is 3.08. The molecule has 0 aliphatic rings. The standard InChI is InChI=1S/C18H24N2O3S/c1-9(2)14-15(12(5)22)11(4)19-16(14)18(23)20-13(8-21)17-10(3)6-7-24-17/h6-7,9,13,19,21H,8H2,1-5H3,(H,20,23). The van der Waals surface area contributed by atoms with Crippen LogP contribution in [0.25, 0.3) is 0 Å². The molecule has 0 fully saturated rings. The van der Waals surface area contributed by atoms with Crippen molar-refractivity contribution in [3.63, 3.8) is 0 Å². The number of aromatic nitrogens is 1. The van der Waals surface area contributed by atoms with E-state index in [0.717, 1.165) is 16.0 Å². The fourth-order valence-electron chi connectivity index (χ4n) is 3.02. The third-order valence-electron chi connectivity index (χ3n) is 4.09. The number of nitrogens with one attached hydrogen (secondary N) is 2. The molecule has 24 heavy (non-hydrogen) atoms. The first kappa shape index (κ1) is 18.4. The van der Waals surface area contributed by atoms with E-state index >= 15 is 0 Å². The summed E-state index contributed by atoms with van der Waals surface area (Å²) in [5.41, 5.74) is 3.46. The number of Topliss-reactive ketones (excluding diaryl/α,β-unsaturated/α-hetero) is 1. The van der Waals surface area contributed by atoms with E-state index in [4.69, 9.17) is 0 Å². The van der Waals surface area contributed by atoms with Gasteiger partial charge in [-0.15, -0.1) is 11.3 Å². The van der Waals surface area contributed by atoms with Crippen molar-refractivity contribution in [3.8, 4) is 0 Å². The van der Waals surface area contributed by atoms with Crippen LogP contribution in [0.5, 0.6) is 0 Å². The number of carbonyl (C=O) groups is 2. The lowest BCUT2D eigenvalue weighted by molar-refractivity contribution is 0.0911. The Balaban J connectivity index is 2.38. The summed E-state index contributed by atoms with van der Waals surface area (Å²) in [5, 5.41) is 14.5. The number of H-pyrrole nitrogens is 1. The van der Waals surface area contributed by atoms with Crippen molar-refractivity contribution in [1.29, 1.82) is 0 Å². The van der Waals surface area contributed by atoms with Crippen molar-refractivity contribution < 1.29 is 14.7 Å². The largest absolute Gasteiger partial charge is 0.394 e. The summed E-state index contributed by atoms with van der Waals surface area (Å²) in [6.45, 7) is 9.00. The van der Waals surface area contributed by atoms with E-state index in [0.29, 0.717) is 17.0 Å². The number of carbonyl (C=O) groups excluding carboxylic acids is 2. The zero-order valence-electron chi connectivity index (χ0n) is 14.7. The van der Waals surface area contributed by atoms with E-state index in [2.05, 4.69) is 10.3 Å². The summed E-state index contributed by atoms with van der Waals surface area (Å²) in [6, 6.07) is 1.50. The Kier molecular flexibility index (Phi) is 5.62. The Bertz CT molecular complexity index is 758. The molecule has 0 bridgehead atoms. The molecular weight excluding hydrogens is 324 g/mol. The van der Waals surface area contributed by atoms with Crippen LogP contribution < -0.4 is 5.32 Å². The van der Waals surface area contributed by atoms with Gasteiger partial charge in [-0.05, 0) is 49.3 Å². The zero-order valence-corrected chi connectivity index (χ0v) is 15.5. The second kappa shape index (κ2) is 7.32. The molecule has 0 aliphatic heterocycles. The first-order valence-electron chi connectivity index (χ1n) is 7.97. The maximum absolute atomic E-state index is 12.8. The van der Waals surface area contributed by atoms with E-state index < -0.39 is 6.04 Å². The summed E-state index contributed by atoms with van der Waals surface area (Å²) < 4.78 is 0. The monoisotopic (exact) mass is 348 g/mol. The Morgan fingerprint density at radius 2 is 2.00 bits per heavy atom. The minimum Gasteiger partial charge on any atom is -0.394 e. The molecule has 1 atom stereocenters. The fraction of sp³-hybridized carbons (Fsp3) is 0.444. The molecule has 0 saturated carbocycles. The highest BCUT2D eigenvalue weighted by Gasteiger charge is 2.26. The number of aromatic amines is 1. The summed E-state index contributed by atoms with van der Waals surface area (Å²) in [6.07, 6.45) is 0. The Labute approximate surface area is 146 Å². The number of aliphatic hydroxyl groups excluding tert-OH is 1. The number of aryl methyl sites for hydroxylation is 2. The van der Waals surface area contributed by atoms with Gasteiger partial charge >= 0.3 is 0 Å². The molecule has 2 rings (SSSR count). The number of rotatable bonds is 6. The van der Waals surface area contributed by atoms with E-state index in [-0.39, 0.29) is 24.2 Å². The van der Waals surface area contributed by atoms with Gasteiger partial charge in [-0.1, -0.05) is 13.8 Å². The Morgan fingerprint density at radius 1 is 1.33 bits per heavy atom. The lowest BCUT2D eigenvalue weighted by Gasteiger charge is -2.17. The summed E-state index contributed by atoms with van der Waals surface area (Å²) >= 11 is 1.50. The van der Waals surface area contributed by atoms with Gasteiger partial charge in [-0.25, -0.2) is 0 Å². The van der Waals surface area contributed by atoms with Crippen molar-refractivity contribution >= 4 is 23.0 Å². The zero-order chi connectivity index (χ0) is 18.0. The molecule has 0 aromatic carbocycles. The van der Waals surface area contributed by atoms with Crippen LogP contribution in [0.1, 0.15) is 75.3 Å². The molecule has 1 unspecified atom stereocenters. The number of aliphatic hydroxyl groups is 1. The van der Waals surface area contributed by atoms with Gasteiger partial charge in [-0.2, -0.15) is 0 Å². The molecule has 2 aromatic rings. The molecule has 130 valence electrons. The van der Waals surface area contributed by atoms with Crippen LogP contribution in [0.2, 0.25) is 0 Å². The van der Waals surface area contributed by atoms with Crippen LogP contribution in [-0.4, -0.2) is 28.4 Å². The Morgan fingerprint density at radius 3 is 2.46 bits per heavy atom. The number of hydrogen-bond acceptors (Lipinski definition) is 4. The highest BCUT2D eigenvalue weighted by atomic mass is 32.1. The maximum atomic E-state index is 12.8. The SMILES string of the molecule is CC(=O)c1c(C)[nH]c(C(=O)NC(CO)c2sccc2C)c1C(C)C. The number of hydrogen-bond donors (Lipinski definition) is 3. The van der Waals surface area contributed by atoms with Gasteiger partial charge in [0.1, 0.15) is 5.69 Å². The van der Waals surface area contributed by atoms with Crippen LogP contribution >= 0.6 is 11.3 Å². The second-order valence-electron chi connectivity index (χ2n) is 6.30. The molecule has 0 aliphatic carbocycles. The maximum Gasteiger partial charge on any atom is 0.268 e. The third kappa shape index (κ3) is 3.44. The smallest absolute Gasteiger partial charge is 0.268 e. The predicted octanol–water partition coefficient (Wildman–Crippen LogP) is 3.48. The predicted molar refractivity (Wildman–Crippen MR) is 96.0 cm³/mol. The van der Waals surface area contributed by atoms with Gasteiger partial charge in [0.15, 0.2) is 5.78 Å². The molecule has 5 nitrogen and oxygen atoms in total. The lowest BCUT2D eigenvalue weighted by atomic mass is 9.95. The third-order valence-corrected chi connectivity index (χ3v) is 5.22. The van der Waals surface area contributed by atoms with Crippen molar-refractivity contribution in [2.45, 2.75) is 46.6 Å². The number of thiophene rings is 1. The van der Waals surface area contributed by atoms with Gasteiger partial charge < -0.3 is 15.4 Å². The highest BCUT2D eigenvalue weighted by molar-refractivity contribution is 7.10. The van der Waals surface area contributed by atoms with E-state index in [1.165, 1.54) is 18.3 Å². The Hall–Kier alpha value is -1.92. The van der Waals surface area contributed by atoms with Gasteiger partial charge in [-0.3, -0.25) is 9.59 Å². The van der Waals surface area contributed by atoms with Crippen LogP contribution in [0.4, 0.5) is 0 Å². The molecule has 1 amide bonds. The van der Waals surface area contributed by atoms with Crippen molar-refractivity contribution in [2.75, 3.05) is 6.61 Å². The molecule has 0 spiro atoms. The minimum absolute atomic E-state index is 0.0330. The van der Waals surface area contributed by atoms with E-state index in [1.54, 1.807) is 6.92 Å². The van der Waals surface area contributed by atoms with E-state index in [1.807, 2.05) is 32.2 Å². The van der Waals surface area contributed by atoms with Gasteiger partial charge in [0.05, 0.1) is 12.6 Å². The van der Waals surface area contributed by atoms with Gasteiger partial charge in [0.25, 0.3) is 5.91 Å². The minimum atomic E-state index is -0.457. The van der Waals surface area contributed by atoms with Crippen LogP contribution in [-0.2, 0) is 0 Å². The normalized spacial score (nSPS) is 12.5. The van der Waals surface area contributed by atoms with Gasteiger partial charge in [0.2, 0.25) is 0 Å². The topological polar surface area (TPSA) is 82.2 Å². The summed E-state index contributed by atoms with van der Waals surface area (Å²) in [5.74, 6) is -0.328. The molecule has 0 saturated heterocycles. The number of amides is 1. The number of ketones is 1.